The highest BCUT2D eigenvalue weighted by atomic mass is 16.2. The summed E-state index contributed by atoms with van der Waals surface area (Å²) in [5.41, 5.74) is 2.64. The molecular formula is C21H27N5O2. The lowest BCUT2D eigenvalue weighted by Crippen LogP contribution is -2.41. The van der Waals surface area contributed by atoms with Gasteiger partial charge in [-0.05, 0) is 36.5 Å². The first-order valence-electron chi connectivity index (χ1n) is 9.82. The number of nitrogens with zero attached hydrogens (tertiary/aromatic N) is 5. The van der Waals surface area contributed by atoms with Crippen molar-refractivity contribution in [1.82, 2.24) is 18.7 Å². The normalized spacial score (nSPS) is 16.8. The topological polar surface area (TPSA) is 65.1 Å². The van der Waals surface area contributed by atoms with E-state index in [0.717, 1.165) is 18.2 Å². The molecule has 1 aliphatic rings. The van der Waals surface area contributed by atoms with E-state index >= 15 is 0 Å². The Hall–Kier alpha value is -2.83. The number of hydrogen-bond donors (Lipinski definition) is 0. The van der Waals surface area contributed by atoms with Crippen LogP contribution in [0.3, 0.4) is 0 Å². The summed E-state index contributed by atoms with van der Waals surface area (Å²) in [6, 6.07) is 8.28. The molecule has 4 rings (SSSR count). The van der Waals surface area contributed by atoms with Crippen LogP contribution in [0.1, 0.15) is 26.3 Å². The van der Waals surface area contributed by atoms with Crippen molar-refractivity contribution in [3.63, 3.8) is 0 Å². The fraction of sp³-hybridized carbons (Fsp3) is 0.476. The molecule has 0 saturated heterocycles. The molecule has 7 heteroatoms. The van der Waals surface area contributed by atoms with Gasteiger partial charge in [0.1, 0.15) is 0 Å². The van der Waals surface area contributed by atoms with Crippen molar-refractivity contribution in [3.8, 4) is 0 Å². The fourth-order valence-corrected chi connectivity index (χ4v) is 4.04. The van der Waals surface area contributed by atoms with Gasteiger partial charge in [-0.3, -0.25) is 13.9 Å². The molecule has 7 nitrogen and oxygen atoms in total. The van der Waals surface area contributed by atoms with E-state index in [2.05, 4.69) is 36.9 Å². The molecule has 0 saturated carbocycles. The summed E-state index contributed by atoms with van der Waals surface area (Å²) in [6.45, 7) is 10.2. The zero-order valence-corrected chi connectivity index (χ0v) is 17.1. The molecule has 0 radical (unpaired) electrons. The molecule has 3 heterocycles. The molecule has 1 atom stereocenters. The summed E-state index contributed by atoms with van der Waals surface area (Å²) >= 11 is 0. The summed E-state index contributed by atoms with van der Waals surface area (Å²) < 4.78 is 4.84. The Bertz CT molecular complexity index is 1170. The average Bonchev–Trinajstić information content (AvgIpc) is 3.02. The maximum absolute atomic E-state index is 13.2. The Morgan fingerprint density at radius 3 is 2.64 bits per heavy atom. The van der Waals surface area contributed by atoms with Crippen molar-refractivity contribution in [2.75, 3.05) is 11.4 Å². The van der Waals surface area contributed by atoms with E-state index in [0.29, 0.717) is 30.2 Å². The maximum atomic E-state index is 13.2. The van der Waals surface area contributed by atoms with E-state index in [4.69, 9.17) is 4.98 Å². The predicted molar refractivity (Wildman–Crippen MR) is 111 cm³/mol. The third-order valence-electron chi connectivity index (χ3n) is 5.30. The van der Waals surface area contributed by atoms with Crippen LogP contribution in [0, 0.1) is 18.8 Å². The van der Waals surface area contributed by atoms with Gasteiger partial charge in [0.25, 0.3) is 5.56 Å². The SMILES string of the molecule is Cc1cccc(N2C[C@H](C)Cn3c2nc2c3c(=O)n(CC(C)C)c(=O)n2C)c1. The molecule has 148 valence electrons. The smallest absolute Gasteiger partial charge is 0.312 e. The lowest BCUT2D eigenvalue weighted by molar-refractivity contribution is 0.454. The largest absolute Gasteiger partial charge is 0.332 e. The van der Waals surface area contributed by atoms with Crippen molar-refractivity contribution in [1.29, 1.82) is 0 Å². The molecule has 2 aromatic heterocycles. The number of hydrogen-bond acceptors (Lipinski definition) is 4. The molecular weight excluding hydrogens is 354 g/mol. The first-order valence-corrected chi connectivity index (χ1v) is 9.82. The van der Waals surface area contributed by atoms with Gasteiger partial charge in [0.2, 0.25) is 5.95 Å². The van der Waals surface area contributed by atoms with Crippen LogP contribution in [0.4, 0.5) is 11.6 Å². The van der Waals surface area contributed by atoms with Crippen molar-refractivity contribution < 1.29 is 0 Å². The molecule has 0 unspecified atom stereocenters. The van der Waals surface area contributed by atoms with Crippen LogP contribution in [0.15, 0.2) is 33.9 Å². The molecule has 0 spiro atoms. The molecule has 1 aromatic carbocycles. The fourth-order valence-electron chi connectivity index (χ4n) is 4.04. The van der Waals surface area contributed by atoms with Crippen LogP contribution < -0.4 is 16.1 Å². The average molecular weight is 381 g/mol. The third-order valence-corrected chi connectivity index (χ3v) is 5.30. The van der Waals surface area contributed by atoms with Crippen molar-refractivity contribution in [3.05, 3.63) is 50.7 Å². The van der Waals surface area contributed by atoms with Gasteiger partial charge in [0.05, 0.1) is 0 Å². The Balaban J connectivity index is 2.01. The van der Waals surface area contributed by atoms with Crippen molar-refractivity contribution in [2.45, 2.75) is 40.8 Å². The Morgan fingerprint density at radius 2 is 1.96 bits per heavy atom. The second-order valence-corrected chi connectivity index (χ2v) is 8.40. The highest BCUT2D eigenvalue weighted by molar-refractivity contribution is 5.77. The van der Waals surface area contributed by atoms with Crippen molar-refractivity contribution in [2.24, 2.45) is 18.9 Å². The van der Waals surface area contributed by atoms with E-state index in [1.165, 1.54) is 14.7 Å². The first kappa shape index (κ1) is 18.5. The molecule has 28 heavy (non-hydrogen) atoms. The van der Waals surface area contributed by atoms with Crippen LogP contribution in [-0.2, 0) is 20.1 Å². The zero-order valence-electron chi connectivity index (χ0n) is 17.1. The molecule has 0 fully saturated rings. The summed E-state index contributed by atoms with van der Waals surface area (Å²) in [4.78, 5) is 32.9. The number of aromatic nitrogens is 4. The van der Waals surface area contributed by atoms with E-state index in [1.807, 2.05) is 24.5 Å². The van der Waals surface area contributed by atoms with Gasteiger partial charge < -0.3 is 9.47 Å². The highest BCUT2D eigenvalue weighted by Crippen LogP contribution is 2.33. The van der Waals surface area contributed by atoms with E-state index in [9.17, 15) is 9.59 Å². The van der Waals surface area contributed by atoms with Gasteiger partial charge in [-0.1, -0.05) is 32.9 Å². The van der Waals surface area contributed by atoms with Crippen LogP contribution >= 0.6 is 0 Å². The van der Waals surface area contributed by atoms with Gasteiger partial charge in [-0.2, -0.15) is 4.98 Å². The molecule has 0 aliphatic carbocycles. The number of benzene rings is 1. The predicted octanol–water partition coefficient (Wildman–Crippen LogP) is 2.65. The summed E-state index contributed by atoms with van der Waals surface area (Å²) in [5, 5.41) is 0. The Morgan fingerprint density at radius 1 is 1.21 bits per heavy atom. The van der Waals surface area contributed by atoms with Crippen LogP contribution in [0.25, 0.3) is 11.2 Å². The summed E-state index contributed by atoms with van der Waals surface area (Å²) in [5.74, 6) is 1.28. The molecule has 0 bridgehead atoms. The molecule has 1 aliphatic heterocycles. The Kier molecular flexibility index (Phi) is 4.40. The first-order chi connectivity index (χ1) is 13.3. The number of fused-ring (bicyclic) bond motifs is 3. The van der Waals surface area contributed by atoms with Crippen LogP contribution in [0.2, 0.25) is 0 Å². The minimum Gasteiger partial charge on any atom is -0.312 e. The third kappa shape index (κ3) is 2.85. The number of rotatable bonds is 3. The van der Waals surface area contributed by atoms with Gasteiger partial charge in [-0.15, -0.1) is 0 Å². The standard InChI is InChI=1S/C21H27N5O2/c1-13(2)10-26-19(27)17-18(23(5)21(26)28)22-20-24(11-15(4)12-25(17)20)16-8-6-7-14(3)9-16/h6-9,13,15H,10-12H2,1-5H3/t15-/m0/s1. The minimum absolute atomic E-state index is 0.203. The highest BCUT2D eigenvalue weighted by Gasteiger charge is 2.29. The number of anilines is 2. The van der Waals surface area contributed by atoms with Crippen molar-refractivity contribution >= 4 is 22.8 Å². The monoisotopic (exact) mass is 381 g/mol. The van der Waals surface area contributed by atoms with E-state index < -0.39 is 0 Å². The Labute approximate surface area is 163 Å². The second-order valence-electron chi connectivity index (χ2n) is 8.40. The quantitative estimate of drug-likeness (QED) is 0.700. The van der Waals surface area contributed by atoms with E-state index in [1.54, 1.807) is 7.05 Å². The zero-order chi connectivity index (χ0) is 20.2. The number of imidazole rings is 1. The van der Waals surface area contributed by atoms with Gasteiger partial charge >= 0.3 is 5.69 Å². The van der Waals surface area contributed by atoms with Crippen LogP contribution in [-0.4, -0.2) is 25.2 Å². The molecule has 0 N–H and O–H groups in total. The summed E-state index contributed by atoms with van der Waals surface area (Å²) in [6.07, 6.45) is 0. The lowest BCUT2D eigenvalue weighted by atomic mass is 10.1. The maximum Gasteiger partial charge on any atom is 0.332 e. The summed E-state index contributed by atoms with van der Waals surface area (Å²) in [7, 11) is 1.69. The molecule has 3 aromatic rings. The van der Waals surface area contributed by atoms with Crippen LogP contribution in [0.5, 0.6) is 0 Å². The van der Waals surface area contributed by atoms with Gasteiger partial charge in [-0.25, -0.2) is 4.79 Å². The molecule has 0 amide bonds. The lowest BCUT2D eigenvalue weighted by Gasteiger charge is -2.33. The van der Waals surface area contributed by atoms with Gasteiger partial charge in [0, 0.05) is 32.4 Å². The second kappa shape index (κ2) is 6.65. The minimum atomic E-state index is -0.309. The van der Waals surface area contributed by atoms with Gasteiger partial charge in [0.15, 0.2) is 11.2 Å². The number of aryl methyl sites for hydroxylation is 2. The van der Waals surface area contributed by atoms with E-state index in [-0.39, 0.29) is 17.2 Å².